The zero-order valence-electron chi connectivity index (χ0n) is 13.4. The van der Waals surface area contributed by atoms with Crippen LogP contribution < -0.4 is 5.32 Å². The van der Waals surface area contributed by atoms with E-state index in [0.717, 1.165) is 13.0 Å². The number of unbranched alkanes of at least 4 members (excludes halogenated alkanes) is 5. The number of hydrogen-bond acceptors (Lipinski definition) is 4. The molecule has 3 atom stereocenters. The van der Waals surface area contributed by atoms with Gasteiger partial charge < -0.3 is 15.2 Å². The van der Waals surface area contributed by atoms with Crippen molar-refractivity contribution in [1.29, 1.82) is 0 Å². The van der Waals surface area contributed by atoms with E-state index in [1.54, 1.807) is 6.26 Å². The zero-order valence-corrected chi connectivity index (χ0v) is 14.2. The first-order valence-corrected chi connectivity index (χ1v) is 9.48. The minimum atomic E-state index is -0.812. The van der Waals surface area contributed by atoms with Crippen LogP contribution in [0.3, 0.4) is 0 Å². The lowest BCUT2D eigenvalue weighted by Gasteiger charge is -2.14. The third-order valence-electron chi connectivity index (χ3n) is 3.33. The van der Waals surface area contributed by atoms with E-state index < -0.39 is 16.9 Å². The smallest absolute Gasteiger partial charge is 0.0897 e. The van der Waals surface area contributed by atoms with Crippen molar-refractivity contribution < 1.29 is 14.1 Å². The van der Waals surface area contributed by atoms with Gasteiger partial charge in [-0.05, 0) is 13.3 Å². The quantitative estimate of drug-likeness (QED) is 0.482. The Morgan fingerprint density at radius 2 is 1.80 bits per heavy atom. The second-order valence-electron chi connectivity index (χ2n) is 5.46. The van der Waals surface area contributed by atoms with Crippen LogP contribution in [0.4, 0.5) is 0 Å². The van der Waals surface area contributed by atoms with Gasteiger partial charge in [-0.3, -0.25) is 4.21 Å². The molecule has 4 nitrogen and oxygen atoms in total. The molecule has 0 aliphatic rings. The SMILES string of the molecule is CCCCCCCCOCC(O)CNCC(C)S(C)=O. The fourth-order valence-electron chi connectivity index (χ4n) is 1.83. The van der Waals surface area contributed by atoms with Crippen molar-refractivity contribution in [3.05, 3.63) is 0 Å². The number of rotatable bonds is 14. The Morgan fingerprint density at radius 1 is 1.15 bits per heavy atom. The number of hydrogen-bond donors (Lipinski definition) is 2. The van der Waals surface area contributed by atoms with Crippen molar-refractivity contribution in [3.63, 3.8) is 0 Å². The summed E-state index contributed by atoms with van der Waals surface area (Å²) in [6.45, 7) is 6.43. The molecule has 0 aromatic heterocycles. The second-order valence-corrected chi connectivity index (χ2v) is 7.27. The van der Waals surface area contributed by atoms with Gasteiger partial charge in [0.1, 0.15) is 0 Å². The molecule has 0 rings (SSSR count). The van der Waals surface area contributed by atoms with Gasteiger partial charge in [0.15, 0.2) is 0 Å². The van der Waals surface area contributed by atoms with Crippen LogP contribution in [0.25, 0.3) is 0 Å². The molecule has 0 amide bonds. The van der Waals surface area contributed by atoms with E-state index in [1.165, 1.54) is 32.1 Å². The maximum atomic E-state index is 11.1. The van der Waals surface area contributed by atoms with Gasteiger partial charge in [-0.25, -0.2) is 0 Å². The highest BCUT2D eigenvalue weighted by Gasteiger charge is 2.08. The third kappa shape index (κ3) is 13.0. The Bertz CT molecular complexity index is 239. The van der Waals surface area contributed by atoms with E-state index >= 15 is 0 Å². The second kappa shape index (κ2) is 14.0. The van der Waals surface area contributed by atoms with Crippen LogP contribution in [0.15, 0.2) is 0 Å². The fraction of sp³-hybridized carbons (Fsp3) is 1.00. The summed E-state index contributed by atoms with van der Waals surface area (Å²) < 4.78 is 16.6. The average Bonchev–Trinajstić information content (AvgIpc) is 2.41. The summed E-state index contributed by atoms with van der Waals surface area (Å²) in [7, 11) is -0.812. The van der Waals surface area contributed by atoms with E-state index in [-0.39, 0.29) is 5.25 Å². The number of aliphatic hydroxyl groups is 1. The summed E-state index contributed by atoms with van der Waals surface area (Å²) in [4.78, 5) is 0. The normalized spacial score (nSPS) is 16.0. The zero-order chi connectivity index (χ0) is 15.2. The highest BCUT2D eigenvalue weighted by Crippen LogP contribution is 2.04. The van der Waals surface area contributed by atoms with Gasteiger partial charge in [0, 0.05) is 42.0 Å². The lowest BCUT2D eigenvalue weighted by atomic mass is 10.1. The summed E-state index contributed by atoms with van der Waals surface area (Å²) >= 11 is 0. The molecule has 0 aromatic rings. The molecular formula is C15H33NO3S. The summed E-state index contributed by atoms with van der Waals surface area (Å²) in [5, 5.41) is 12.9. The largest absolute Gasteiger partial charge is 0.389 e. The molecular weight excluding hydrogens is 274 g/mol. The van der Waals surface area contributed by atoms with E-state index in [0.29, 0.717) is 19.7 Å². The van der Waals surface area contributed by atoms with Gasteiger partial charge in [0.2, 0.25) is 0 Å². The summed E-state index contributed by atoms with van der Waals surface area (Å²) in [6.07, 6.45) is 8.73. The summed E-state index contributed by atoms with van der Waals surface area (Å²) in [5.41, 5.74) is 0. The minimum absolute atomic E-state index is 0.117. The molecule has 122 valence electrons. The van der Waals surface area contributed by atoms with Crippen molar-refractivity contribution in [2.24, 2.45) is 0 Å². The van der Waals surface area contributed by atoms with E-state index in [1.807, 2.05) is 6.92 Å². The lowest BCUT2D eigenvalue weighted by molar-refractivity contribution is 0.0356. The van der Waals surface area contributed by atoms with Crippen molar-refractivity contribution in [1.82, 2.24) is 5.32 Å². The minimum Gasteiger partial charge on any atom is -0.389 e. The number of nitrogens with one attached hydrogen (secondary N) is 1. The van der Waals surface area contributed by atoms with Crippen LogP contribution in [0.5, 0.6) is 0 Å². The molecule has 0 aromatic carbocycles. The fourth-order valence-corrected chi connectivity index (χ4v) is 2.19. The van der Waals surface area contributed by atoms with Crippen molar-refractivity contribution in [2.75, 3.05) is 32.6 Å². The first-order chi connectivity index (χ1) is 9.57. The van der Waals surface area contributed by atoms with Gasteiger partial charge in [-0.1, -0.05) is 39.0 Å². The molecule has 0 saturated carbocycles. The van der Waals surface area contributed by atoms with Gasteiger partial charge in [-0.2, -0.15) is 0 Å². The maximum absolute atomic E-state index is 11.1. The van der Waals surface area contributed by atoms with Crippen LogP contribution in [-0.2, 0) is 15.5 Å². The van der Waals surface area contributed by atoms with E-state index in [2.05, 4.69) is 12.2 Å². The molecule has 0 bridgehead atoms. The molecule has 3 unspecified atom stereocenters. The van der Waals surface area contributed by atoms with Crippen molar-refractivity contribution >= 4 is 10.8 Å². The summed E-state index contributed by atoms with van der Waals surface area (Å²) in [5.74, 6) is 0. The molecule has 20 heavy (non-hydrogen) atoms. The van der Waals surface area contributed by atoms with Crippen molar-refractivity contribution in [3.8, 4) is 0 Å². The van der Waals surface area contributed by atoms with Gasteiger partial charge in [0.05, 0.1) is 12.7 Å². The predicted molar refractivity (Wildman–Crippen MR) is 86.6 cm³/mol. The molecule has 0 spiro atoms. The Kier molecular flexibility index (Phi) is 14.0. The molecule has 0 heterocycles. The Balaban J connectivity index is 3.28. The Labute approximate surface area is 127 Å². The topological polar surface area (TPSA) is 58.6 Å². The van der Waals surface area contributed by atoms with Crippen LogP contribution in [0, 0.1) is 0 Å². The van der Waals surface area contributed by atoms with Gasteiger partial charge in [0.25, 0.3) is 0 Å². The first-order valence-electron chi connectivity index (χ1n) is 7.86. The van der Waals surface area contributed by atoms with Crippen LogP contribution in [0.1, 0.15) is 52.4 Å². The van der Waals surface area contributed by atoms with E-state index in [4.69, 9.17) is 4.74 Å². The van der Waals surface area contributed by atoms with Gasteiger partial charge >= 0.3 is 0 Å². The Morgan fingerprint density at radius 3 is 2.45 bits per heavy atom. The highest BCUT2D eigenvalue weighted by atomic mass is 32.2. The van der Waals surface area contributed by atoms with Crippen LogP contribution in [-0.4, -0.2) is 53.2 Å². The van der Waals surface area contributed by atoms with Crippen LogP contribution >= 0.6 is 0 Å². The molecule has 0 aliphatic carbocycles. The lowest BCUT2D eigenvalue weighted by Crippen LogP contribution is -2.35. The first kappa shape index (κ1) is 20.0. The number of ether oxygens (including phenoxy) is 1. The summed E-state index contributed by atoms with van der Waals surface area (Å²) in [6, 6.07) is 0. The Hall–Kier alpha value is 0.0300. The number of aliphatic hydroxyl groups excluding tert-OH is 1. The molecule has 0 fully saturated rings. The monoisotopic (exact) mass is 307 g/mol. The van der Waals surface area contributed by atoms with Crippen LogP contribution in [0.2, 0.25) is 0 Å². The standard InChI is InChI=1S/C15H33NO3S/c1-4-5-6-7-8-9-10-19-13-15(17)12-16-11-14(2)20(3)18/h14-17H,4-13H2,1-3H3. The highest BCUT2D eigenvalue weighted by molar-refractivity contribution is 7.84. The predicted octanol–water partition coefficient (Wildman–Crippen LogP) is 2.08. The van der Waals surface area contributed by atoms with Crippen molar-refractivity contribution in [2.45, 2.75) is 63.7 Å². The average molecular weight is 308 g/mol. The maximum Gasteiger partial charge on any atom is 0.0897 e. The molecule has 5 heteroatoms. The molecule has 0 radical (unpaired) electrons. The molecule has 2 N–H and O–H groups in total. The third-order valence-corrected chi connectivity index (χ3v) is 4.63. The molecule has 0 aliphatic heterocycles. The van der Waals surface area contributed by atoms with Gasteiger partial charge in [-0.15, -0.1) is 0 Å². The molecule has 0 saturated heterocycles. The van der Waals surface area contributed by atoms with E-state index in [9.17, 15) is 9.32 Å².